The SMILES string of the molecule is CCN(C)C[C@H]1C[C@@H](n2ccc3c(N)ncnc32)[C@H](O)[C@@H]1O. The van der Waals surface area contributed by atoms with E-state index in [0.717, 1.165) is 18.5 Å². The van der Waals surface area contributed by atoms with E-state index in [1.165, 1.54) is 6.33 Å². The quantitative estimate of drug-likeness (QED) is 0.748. The Morgan fingerprint density at radius 1 is 1.36 bits per heavy atom. The summed E-state index contributed by atoms with van der Waals surface area (Å²) < 4.78 is 1.91. The summed E-state index contributed by atoms with van der Waals surface area (Å²) in [5.41, 5.74) is 6.56. The maximum atomic E-state index is 10.5. The van der Waals surface area contributed by atoms with Crippen molar-refractivity contribution in [3.63, 3.8) is 0 Å². The summed E-state index contributed by atoms with van der Waals surface area (Å²) in [6, 6.07) is 1.66. The number of hydrogen-bond acceptors (Lipinski definition) is 6. The number of aliphatic hydroxyl groups excluding tert-OH is 2. The van der Waals surface area contributed by atoms with E-state index in [4.69, 9.17) is 5.73 Å². The molecule has 0 saturated heterocycles. The molecule has 0 aliphatic heterocycles. The number of hydrogen-bond donors (Lipinski definition) is 3. The van der Waals surface area contributed by atoms with E-state index in [1.54, 1.807) is 0 Å². The highest BCUT2D eigenvalue weighted by molar-refractivity contribution is 5.86. The number of nitrogen functional groups attached to an aromatic ring is 1. The van der Waals surface area contributed by atoms with E-state index in [0.29, 0.717) is 17.9 Å². The van der Waals surface area contributed by atoms with Gasteiger partial charge in [-0.2, -0.15) is 0 Å². The van der Waals surface area contributed by atoms with Gasteiger partial charge in [-0.1, -0.05) is 6.92 Å². The van der Waals surface area contributed by atoms with Gasteiger partial charge in [0.1, 0.15) is 23.9 Å². The van der Waals surface area contributed by atoms with Gasteiger partial charge in [0, 0.05) is 18.7 Å². The maximum Gasteiger partial charge on any atom is 0.145 e. The maximum absolute atomic E-state index is 10.5. The topological polar surface area (TPSA) is 100 Å². The van der Waals surface area contributed by atoms with Crippen molar-refractivity contribution >= 4 is 16.9 Å². The van der Waals surface area contributed by atoms with Gasteiger partial charge in [-0.05, 0) is 26.1 Å². The van der Waals surface area contributed by atoms with Crippen molar-refractivity contribution in [3.05, 3.63) is 18.6 Å². The summed E-state index contributed by atoms with van der Waals surface area (Å²) in [5.74, 6) is 0.473. The second-order valence-electron chi connectivity index (χ2n) is 6.12. The largest absolute Gasteiger partial charge is 0.390 e. The van der Waals surface area contributed by atoms with Gasteiger partial charge in [0.25, 0.3) is 0 Å². The van der Waals surface area contributed by atoms with Crippen LogP contribution in [0.3, 0.4) is 0 Å². The third-order valence-corrected chi connectivity index (χ3v) is 4.75. The molecule has 7 heteroatoms. The van der Waals surface area contributed by atoms with Crippen molar-refractivity contribution in [3.8, 4) is 0 Å². The summed E-state index contributed by atoms with van der Waals surface area (Å²) >= 11 is 0. The first-order valence-electron chi connectivity index (χ1n) is 7.64. The number of nitrogens with zero attached hydrogens (tertiary/aromatic N) is 4. The Morgan fingerprint density at radius 3 is 2.86 bits per heavy atom. The summed E-state index contributed by atoms with van der Waals surface area (Å²) in [6.45, 7) is 3.76. The minimum Gasteiger partial charge on any atom is -0.390 e. The van der Waals surface area contributed by atoms with Crippen molar-refractivity contribution in [2.24, 2.45) is 5.92 Å². The molecule has 120 valence electrons. The van der Waals surface area contributed by atoms with E-state index in [9.17, 15) is 10.2 Å². The monoisotopic (exact) mass is 305 g/mol. The number of nitrogens with two attached hydrogens (primary N) is 1. The summed E-state index contributed by atoms with van der Waals surface area (Å²) in [4.78, 5) is 10.4. The van der Waals surface area contributed by atoms with E-state index in [1.807, 2.05) is 23.9 Å². The van der Waals surface area contributed by atoms with Crippen molar-refractivity contribution < 1.29 is 10.2 Å². The molecular formula is C15H23N5O2. The summed E-state index contributed by atoms with van der Waals surface area (Å²) in [6.07, 6.45) is 2.47. The molecule has 4 atom stereocenters. The normalized spacial score (nSPS) is 28.8. The first-order valence-corrected chi connectivity index (χ1v) is 7.64. The average molecular weight is 305 g/mol. The summed E-state index contributed by atoms with van der Waals surface area (Å²) in [5, 5.41) is 21.6. The zero-order valence-corrected chi connectivity index (χ0v) is 12.9. The van der Waals surface area contributed by atoms with Crippen molar-refractivity contribution in [1.82, 2.24) is 19.4 Å². The lowest BCUT2D eigenvalue weighted by molar-refractivity contribution is 0.00196. The smallest absolute Gasteiger partial charge is 0.145 e. The minimum absolute atomic E-state index is 0.0431. The van der Waals surface area contributed by atoms with E-state index in [2.05, 4.69) is 21.8 Å². The van der Waals surface area contributed by atoms with Crippen LogP contribution in [0.15, 0.2) is 18.6 Å². The fourth-order valence-electron chi connectivity index (χ4n) is 3.34. The Balaban J connectivity index is 1.89. The van der Waals surface area contributed by atoms with Crippen LogP contribution in [0.5, 0.6) is 0 Å². The fraction of sp³-hybridized carbons (Fsp3) is 0.600. The summed E-state index contributed by atoms with van der Waals surface area (Å²) in [7, 11) is 2.02. The molecule has 0 unspecified atom stereocenters. The highest BCUT2D eigenvalue weighted by Crippen LogP contribution is 2.37. The van der Waals surface area contributed by atoms with Crippen molar-refractivity contribution in [2.75, 3.05) is 25.9 Å². The fourth-order valence-corrected chi connectivity index (χ4v) is 3.34. The number of fused-ring (bicyclic) bond motifs is 1. The molecule has 3 rings (SSSR count). The second-order valence-corrected chi connectivity index (χ2v) is 6.12. The average Bonchev–Trinajstić information content (AvgIpc) is 3.05. The zero-order valence-electron chi connectivity index (χ0n) is 12.9. The van der Waals surface area contributed by atoms with E-state index in [-0.39, 0.29) is 12.0 Å². The number of anilines is 1. The third-order valence-electron chi connectivity index (χ3n) is 4.75. The van der Waals surface area contributed by atoms with Crippen LogP contribution in [0.2, 0.25) is 0 Å². The zero-order chi connectivity index (χ0) is 15.9. The lowest BCUT2D eigenvalue weighted by Gasteiger charge is -2.21. The van der Waals surface area contributed by atoms with Gasteiger partial charge in [-0.15, -0.1) is 0 Å². The molecule has 0 bridgehead atoms. The molecule has 1 aliphatic carbocycles. The van der Waals surface area contributed by atoms with Crippen molar-refractivity contribution in [1.29, 1.82) is 0 Å². The third kappa shape index (κ3) is 2.45. The van der Waals surface area contributed by atoms with Crippen molar-refractivity contribution in [2.45, 2.75) is 31.6 Å². The molecule has 0 spiro atoms. The standard InChI is InChI=1S/C15H23N5O2/c1-3-19(2)7-9-6-11(13(22)12(9)21)20-5-4-10-14(16)17-8-18-15(10)20/h4-5,8-9,11-13,21-22H,3,6-7H2,1-2H3,(H2,16,17,18)/t9-,11-,12-,13+/m1/s1. The molecule has 1 aliphatic rings. The number of rotatable bonds is 4. The highest BCUT2D eigenvalue weighted by atomic mass is 16.3. The Morgan fingerprint density at radius 2 is 2.14 bits per heavy atom. The van der Waals surface area contributed by atoms with Gasteiger partial charge < -0.3 is 25.4 Å². The van der Waals surface area contributed by atoms with Gasteiger partial charge in [0.2, 0.25) is 0 Å². The van der Waals surface area contributed by atoms with Crippen LogP contribution in [0.25, 0.3) is 11.0 Å². The Bertz CT molecular complexity index is 658. The van der Waals surface area contributed by atoms with Gasteiger partial charge in [0.05, 0.1) is 17.5 Å². The predicted molar refractivity (Wildman–Crippen MR) is 84.3 cm³/mol. The molecule has 7 nitrogen and oxygen atoms in total. The second kappa shape index (κ2) is 5.83. The molecule has 1 fully saturated rings. The Labute approximate surface area is 129 Å². The van der Waals surface area contributed by atoms with Gasteiger partial charge in [-0.3, -0.25) is 0 Å². The predicted octanol–water partition coefficient (Wildman–Crippen LogP) is 0.248. The van der Waals surface area contributed by atoms with Crippen LogP contribution in [0.1, 0.15) is 19.4 Å². The number of aliphatic hydroxyl groups is 2. The van der Waals surface area contributed by atoms with Crippen LogP contribution in [0.4, 0.5) is 5.82 Å². The minimum atomic E-state index is -0.804. The molecule has 2 aromatic rings. The molecular weight excluding hydrogens is 282 g/mol. The molecule has 1 saturated carbocycles. The first-order chi connectivity index (χ1) is 10.5. The molecule has 2 aromatic heterocycles. The van der Waals surface area contributed by atoms with Crippen LogP contribution >= 0.6 is 0 Å². The molecule has 0 radical (unpaired) electrons. The Hall–Kier alpha value is -1.70. The van der Waals surface area contributed by atoms with Crippen LogP contribution in [-0.4, -0.2) is 62.0 Å². The molecule has 22 heavy (non-hydrogen) atoms. The first kappa shape index (κ1) is 15.2. The molecule has 0 amide bonds. The van der Waals surface area contributed by atoms with Gasteiger partial charge in [0.15, 0.2) is 0 Å². The van der Waals surface area contributed by atoms with Crippen LogP contribution < -0.4 is 5.73 Å². The molecule has 0 aromatic carbocycles. The van der Waals surface area contributed by atoms with Gasteiger partial charge in [-0.25, -0.2) is 9.97 Å². The highest BCUT2D eigenvalue weighted by Gasteiger charge is 2.42. The van der Waals surface area contributed by atoms with Crippen LogP contribution in [0, 0.1) is 5.92 Å². The molecule has 4 N–H and O–H groups in total. The van der Waals surface area contributed by atoms with Gasteiger partial charge >= 0.3 is 0 Å². The number of aromatic nitrogens is 3. The van der Waals surface area contributed by atoms with E-state index < -0.39 is 12.2 Å². The lowest BCUT2D eigenvalue weighted by atomic mass is 10.1. The molecule has 2 heterocycles. The van der Waals surface area contributed by atoms with E-state index >= 15 is 0 Å². The van der Waals surface area contributed by atoms with Crippen LogP contribution in [-0.2, 0) is 0 Å². The lowest BCUT2D eigenvalue weighted by Crippen LogP contribution is -2.34. The Kier molecular flexibility index (Phi) is 4.03.